The summed E-state index contributed by atoms with van der Waals surface area (Å²) >= 11 is 0. The fourth-order valence-electron chi connectivity index (χ4n) is 9.76. The number of hydrogen-bond acceptors (Lipinski definition) is 5. The van der Waals surface area contributed by atoms with E-state index in [9.17, 15) is 19.8 Å². The molecule has 1 amide bonds. The first-order valence-corrected chi connectivity index (χ1v) is 30.3. The zero-order chi connectivity index (χ0) is 47.9. The van der Waals surface area contributed by atoms with Crippen LogP contribution in [-0.2, 0) is 14.3 Å². The van der Waals surface area contributed by atoms with Gasteiger partial charge in [-0.1, -0.05) is 309 Å². The zero-order valence-electron chi connectivity index (χ0n) is 45.0. The smallest absolute Gasteiger partial charge is 0.305 e. The van der Waals surface area contributed by atoms with Crippen molar-refractivity contribution in [2.75, 3.05) is 13.2 Å². The number of nitrogens with one attached hydrogen (secondary N) is 1. The molecule has 0 bridgehead atoms. The summed E-state index contributed by atoms with van der Waals surface area (Å²) in [6, 6.07) is -0.550. The second-order valence-corrected chi connectivity index (χ2v) is 21.1. The van der Waals surface area contributed by atoms with Crippen molar-refractivity contribution in [3.8, 4) is 0 Å². The molecule has 0 aliphatic heterocycles. The number of carbonyl (C=O) groups excluding carboxylic acids is 2. The minimum atomic E-state index is -0.672. The summed E-state index contributed by atoms with van der Waals surface area (Å²) in [4.78, 5) is 24.6. The fourth-order valence-corrected chi connectivity index (χ4v) is 9.76. The number of rotatable bonds is 57. The first-order valence-electron chi connectivity index (χ1n) is 30.3. The Balaban J connectivity index is 3.42. The van der Waals surface area contributed by atoms with E-state index in [1.54, 1.807) is 0 Å². The van der Waals surface area contributed by atoms with Crippen molar-refractivity contribution >= 4 is 11.9 Å². The Morgan fingerprint density at radius 2 is 0.621 bits per heavy atom. The molecule has 66 heavy (non-hydrogen) atoms. The summed E-state index contributed by atoms with van der Waals surface area (Å²) in [7, 11) is 0. The summed E-state index contributed by atoms with van der Waals surface area (Å²) in [5.41, 5.74) is 0. The molecule has 0 saturated heterocycles. The van der Waals surface area contributed by atoms with E-state index in [0.717, 1.165) is 51.4 Å². The second kappa shape index (κ2) is 56.4. The summed E-state index contributed by atoms with van der Waals surface area (Å²) in [6.45, 7) is 4.96. The maximum absolute atomic E-state index is 12.5. The number of unbranched alkanes of at least 4 members (excludes halogenated alkanes) is 46. The number of hydrogen-bond donors (Lipinski definition) is 3. The Morgan fingerprint density at radius 3 is 0.924 bits per heavy atom. The second-order valence-electron chi connectivity index (χ2n) is 21.1. The average Bonchev–Trinajstić information content (AvgIpc) is 3.32. The molecule has 0 heterocycles. The van der Waals surface area contributed by atoms with Crippen molar-refractivity contribution in [2.24, 2.45) is 0 Å². The van der Waals surface area contributed by atoms with Crippen LogP contribution in [0.1, 0.15) is 348 Å². The third kappa shape index (κ3) is 52.2. The van der Waals surface area contributed by atoms with Crippen molar-refractivity contribution < 1.29 is 24.5 Å². The first kappa shape index (κ1) is 64.9. The van der Waals surface area contributed by atoms with Crippen LogP contribution >= 0.6 is 0 Å². The molecule has 0 spiro atoms. The van der Waals surface area contributed by atoms with Gasteiger partial charge in [0.1, 0.15) is 0 Å². The molecule has 0 aliphatic rings. The Labute approximate surface area is 413 Å². The highest BCUT2D eigenvalue weighted by molar-refractivity contribution is 5.76. The minimum absolute atomic E-state index is 0.00103. The summed E-state index contributed by atoms with van der Waals surface area (Å²) in [6.07, 6.45) is 65.2. The standard InChI is InChI=1S/C60H119NO5/c1-3-5-7-9-11-13-15-17-19-20-21-22-23-24-26-28-32-36-40-44-48-52-58(63)57(56-62)61-59(64)53-49-45-41-37-33-29-27-31-35-39-43-47-51-55-66-60(65)54-50-46-42-38-34-30-25-18-16-14-12-10-8-6-4-2/h57-58,62-63H,3-56H2,1-2H3,(H,61,64). The van der Waals surface area contributed by atoms with Crippen molar-refractivity contribution in [1.29, 1.82) is 0 Å². The Kier molecular flexibility index (Phi) is 55.5. The highest BCUT2D eigenvalue weighted by Crippen LogP contribution is 2.18. The van der Waals surface area contributed by atoms with E-state index in [2.05, 4.69) is 19.2 Å². The third-order valence-electron chi connectivity index (χ3n) is 14.4. The largest absolute Gasteiger partial charge is 0.466 e. The van der Waals surface area contributed by atoms with Crippen molar-refractivity contribution in [3.63, 3.8) is 0 Å². The van der Waals surface area contributed by atoms with Crippen LogP contribution < -0.4 is 5.32 Å². The van der Waals surface area contributed by atoms with Crippen molar-refractivity contribution in [2.45, 2.75) is 360 Å². The molecule has 0 aromatic carbocycles. The number of esters is 1. The number of carbonyl (C=O) groups is 2. The first-order chi connectivity index (χ1) is 32.5. The van der Waals surface area contributed by atoms with Gasteiger partial charge < -0.3 is 20.3 Å². The molecule has 2 unspecified atom stereocenters. The number of aliphatic hydroxyl groups is 2. The SMILES string of the molecule is CCCCCCCCCCCCCCCCCCCCCCCC(O)C(CO)NC(=O)CCCCCCCCCCCCCCCOC(=O)CCCCCCCCCCCCCCCCC. The summed E-state index contributed by atoms with van der Waals surface area (Å²) < 4.78 is 5.48. The lowest BCUT2D eigenvalue weighted by atomic mass is 10.0. The molecular weight excluding hydrogens is 815 g/mol. The predicted molar refractivity (Wildman–Crippen MR) is 287 cm³/mol. The lowest BCUT2D eigenvalue weighted by Crippen LogP contribution is -2.45. The molecule has 0 rings (SSSR count). The van der Waals surface area contributed by atoms with E-state index in [1.807, 2.05) is 0 Å². The van der Waals surface area contributed by atoms with Gasteiger partial charge in [0.15, 0.2) is 0 Å². The van der Waals surface area contributed by atoms with Gasteiger partial charge in [0.25, 0.3) is 0 Å². The van der Waals surface area contributed by atoms with Gasteiger partial charge in [0.2, 0.25) is 5.91 Å². The molecule has 394 valence electrons. The molecule has 2 atom stereocenters. The Bertz CT molecular complexity index is 944. The maximum atomic E-state index is 12.5. The minimum Gasteiger partial charge on any atom is -0.466 e. The fraction of sp³-hybridized carbons (Fsp3) is 0.967. The van der Waals surface area contributed by atoms with Gasteiger partial charge >= 0.3 is 5.97 Å². The Hall–Kier alpha value is -1.14. The number of ether oxygens (including phenoxy) is 1. The van der Waals surface area contributed by atoms with Crippen LogP contribution in [0.25, 0.3) is 0 Å². The summed E-state index contributed by atoms with van der Waals surface area (Å²) in [5, 5.41) is 23.3. The van der Waals surface area contributed by atoms with Gasteiger partial charge in [-0.3, -0.25) is 9.59 Å². The van der Waals surface area contributed by atoms with Gasteiger partial charge in [-0.25, -0.2) is 0 Å². The Morgan fingerprint density at radius 1 is 0.364 bits per heavy atom. The molecule has 6 heteroatoms. The number of amides is 1. The van der Waals surface area contributed by atoms with Crippen LogP contribution in [0.4, 0.5) is 0 Å². The topological polar surface area (TPSA) is 95.9 Å². The maximum Gasteiger partial charge on any atom is 0.305 e. The highest BCUT2D eigenvalue weighted by Gasteiger charge is 2.20. The monoisotopic (exact) mass is 934 g/mol. The lowest BCUT2D eigenvalue weighted by molar-refractivity contribution is -0.143. The lowest BCUT2D eigenvalue weighted by Gasteiger charge is -2.22. The molecule has 0 radical (unpaired) electrons. The van der Waals surface area contributed by atoms with E-state index in [0.29, 0.717) is 25.9 Å². The van der Waals surface area contributed by atoms with Crippen LogP contribution in [0.3, 0.4) is 0 Å². The summed E-state index contributed by atoms with van der Waals surface area (Å²) in [5.74, 6) is -0.0441. The van der Waals surface area contributed by atoms with Gasteiger partial charge in [0, 0.05) is 12.8 Å². The van der Waals surface area contributed by atoms with Crippen molar-refractivity contribution in [3.05, 3.63) is 0 Å². The average molecular weight is 935 g/mol. The molecule has 3 N–H and O–H groups in total. The number of aliphatic hydroxyl groups excluding tert-OH is 2. The molecule has 0 aliphatic carbocycles. The zero-order valence-corrected chi connectivity index (χ0v) is 45.0. The predicted octanol–water partition coefficient (Wildman–Crippen LogP) is 18.7. The van der Waals surface area contributed by atoms with Crippen LogP contribution in [0, 0.1) is 0 Å². The van der Waals surface area contributed by atoms with Crippen LogP contribution in [0.5, 0.6) is 0 Å². The molecule has 0 aromatic heterocycles. The van der Waals surface area contributed by atoms with E-state index < -0.39 is 12.1 Å². The quantitative estimate of drug-likeness (QED) is 0.0417. The molecular formula is C60H119NO5. The third-order valence-corrected chi connectivity index (χ3v) is 14.4. The molecule has 0 saturated carbocycles. The van der Waals surface area contributed by atoms with E-state index in [-0.39, 0.29) is 18.5 Å². The highest BCUT2D eigenvalue weighted by atomic mass is 16.5. The van der Waals surface area contributed by atoms with Crippen LogP contribution in [0.15, 0.2) is 0 Å². The van der Waals surface area contributed by atoms with Crippen molar-refractivity contribution in [1.82, 2.24) is 5.32 Å². The van der Waals surface area contributed by atoms with Crippen LogP contribution in [-0.4, -0.2) is 47.4 Å². The van der Waals surface area contributed by atoms with Gasteiger partial charge in [-0.05, 0) is 25.7 Å². The van der Waals surface area contributed by atoms with Crippen LogP contribution in [0.2, 0.25) is 0 Å². The van der Waals surface area contributed by atoms with Gasteiger partial charge in [0.05, 0.1) is 25.4 Å². The molecule has 6 nitrogen and oxygen atoms in total. The van der Waals surface area contributed by atoms with E-state index >= 15 is 0 Å². The normalized spacial score (nSPS) is 12.5. The van der Waals surface area contributed by atoms with Gasteiger partial charge in [-0.2, -0.15) is 0 Å². The van der Waals surface area contributed by atoms with E-state index in [4.69, 9.17) is 4.74 Å². The van der Waals surface area contributed by atoms with E-state index in [1.165, 1.54) is 263 Å². The molecule has 0 fully saturated rings. The molecule has 0 aromatic rings. The van der Waals surface area contributed by atoms with Gasteiger partial charge in [-0.15, -0.1) is 0 Å².